The molecule has 0 fully saturated rings. The number of sulfonamides is 1. The Morgan fingerprint density at radius 1 is 1.65 bits per heavy atom. The van der Waals surface area contributed by atoms with Crippen molar-refractivity contribution >= 4 is 21.6 Å². The first-order valence-electron chi connectivity index (χ1n) is 5.60. The molecule has 5 nitrogen and oxygen atoms in total. The van der Waals surface area contributed by atoms with Gasteiger partial charge in [-0.05, 0) is 19.3 Å². The third kappa shape index (κ3) is 2.81. The number of nitrogens with zero attached hydrogens (tertiary/aromatic N) is 2. The standard InChI is InChI=1S/C10H16ClN3O2S/c1-14-10-4-2-3-9(8(10)7-12-14)13-17(15,16)6-5-11/h7,9,13H,2-6H2,1H3. The van der Waals surface area contributed by atoms with Gasteiger partial charge in [-0.15, -0.1) is 11.6 Å². The maximum atomic E-state index is 11.7. The van der Waals surface area contributed by atoms with Crippen LogP contribution >= 0.6 is 11.6 Å². The van der Waals surface area contributed by atoms with Crippen LogP contribution in [-0.2, 0) is 23.5 Å². The monoisotopic (exact) mass is 277 g/mol. The lowest BCUT2D eigenvalue weighted by Gasteiger charge is -2.23. The molecule has 0 saturated heterocycles. The molecule has 1 aromatic rings. The molecule has 1 aromatic heterocycles. The Hall–Kier alpha value is -0.590. The van der Waals surface area contributed by atoms with E-state index in [4.69, 9.17) is 11.6 Å². The largest absolute Gasteiger partial charge is 0.272 e. The minimum absolute atomic E-state index is 0.0410. The number of fused-ring (bicyclic) bond motifs is 1. The highest BCUT2D eigenvalue weighted by atomic mass is 35.5. The summed E-state index contributed by atoms with van der Waals surface area (Å²) >= 11 is 5.47. The van der Waals surface area contributed by atoms with Gasteiger partial charge in [-0.2, -0.15) is 5.10 Å². The average molecular weight is 278 g/mol. The number of alkyl halides is 1. The lowest BCUT2D eigenvalue weighted by Crippen LogP contribution is -2.33. The van der Waals surface area contributed by atoms with Gasteiger partial charge in [-0.1, -0.05) is 0 Å². The summed E-state index contributed by atoms with van der Waals surface area (Å²) in [6, 6.07) is -0.152. The van der Waals surface area contributed by atoms with E-state index < -0.39 is 10.0 Å². The fourth-order valence-corrected chi connectivity index (χ4v) is 3.81. The smallest absolute Gasteiger partial charge is 0.213 e. The second-order valence-electron chi connectivity index (χ2n) is 4.24. The van der Waals surface area contributed by atoms with Crippen LogP contribution in [0.1, 0.15) is 30.1 Å². The predicted octanol–water partition coefficient (Wildman–Crippen LogP) is 0.956. The van der Waals surface area contributed by atoms with E-state index >= 15 is 0 Å². The Morgan fingerprint density at radius 3 is 3.12 bits per heavy atom. The molecular formula is C10H16ClN3O2S. The zero-order chi connectivity index (χ0) is 12.5. The number of halogens is 1. The van der Waals surface area contributed by atoms with Crippen LogP contribution in [0.5, 0.6) is 0 Å². The van der Waals surface area contributed by atoms with Gasteiger partial charge in [-0.25, -0.2) is 13.1 Å². The zero-order valence-electron chi connectivity index (χ0n) is 9.69. The van der Waals surface area contributed by atoms with E-state index in [2.05, 4.69) is 9.82 Å². The van der Waals surface area contributed by atoms with Crippen molar-refractivity contribution in [1.82, 2.24) is 14.5 Å². The molecule has 2 rings (SSSR count). The van der Waals surface area contributed by atoms with Crippen LogP contribution in [0.25, 0.3) is 0 Å². The minimum Gasteiger partial charge on any atom is -0.272 e. The van der Waals surface area contributed by atoms with Crippen molar-refractivity contribution in [2.45, 2.75) is 25.3 Å². The van der Waals surface area contributed by atoms with Crippen molar-refractivity contribution in [3.05, 3.63) is 17.5 Å². The summed E-state index contributed by atoms with van der Waals surface area (Å²) < 4.78 is 27.9. The molecule has 17 heavy (non-hydrogen) atoms. The van der Waals surface area contributed by atoms with Crippen molar-refractivity contribution in [1.29, 1.82) is 0 Å². The summed E-state index contributed by atoms with van der Waals surface area (Å²) in [5.74, 6) is 0.0720. The Labute approximate surface area is 106 Å². The molecule has 0 radical (unpaired) electrons. The normalized spacial score (nSPS) is 20.2. The summed E-state index contributed by atoms with van der Waals surface area (Å²) in [5.41, 5.74) is 2.12. The highest BCUT2D eigenvalue weighted by Crippen LogP contribution is 2.29. The van der Waals surface area contributed by atoms with Crippen molar-refractivity contribution < 1.29 is 8.42 Å². The van der Waals surface area contributed by atoms with Crippen LogP contribution in [0.3, 0.4) is 0 Å². The van der Waals surface area contributed by atoms with Gasteiger partial charge in [0, 0.05) is 24.2 Å². The highest BCUT2D eigenvalue weighted by molar-refractivity contribution is 7.89. The number of rotatable bonds is 4. The molecule has 0 spiro atoms. The Bertz CT molecular complexity index is 498. The van der Waals surface area contributed by atoms with Crippen LogP contribution in [0.4, 0.5) is 0 Å². The van der Waals surface area contributed by atoms with Crippen molar-refractivity contribution in [3.8, 4) is 0 Å². The molecule has 0 aliphatic heterocycles. The van der Waals surface area contributed by atoms with Gasteiger partial charge < -0.3 is 0 Å². The maximum absolute atomic E-state index is 11.7. The molecule has 1 heterocycles. The number of aryl methyl sites for hydroxylation is 1. The first-order valence-corrected chi connectivity index (χ1v) is 7.79. The van der Waals surface area contributed by atoms with Gasteiger partial charge in [-0.3, -0.25) is 4.68 Å². The SMILES string of the molecule is Cn1ncc2c1CCCC2NS(=O)(=O)CCCl. The highest BCUT2D eigenvalue weighted by Gasteiger charge is 2.26. The molecule has 1 N–H and O–H groups in total. The molecule has 0 aromatic carbocycles. The summed E-state index contributed by atoms with van der Waals surface area (Å²) in [6.45, 7) is 0. The number of hydrogen-bond donors (Lipinski definition) is 1. The molecule has 7 heteroatoms. The lowest BCUT2D eigenvalue weighted by molar-refractivity contribution is 0.498. The summed E-state index contributed by atoms with van der Waals surface area (Å²) in [5, 5.41) is 4.18. The molecule has 0 bridgehead atoms. The van der Waals surface area contributed by atoms with Crippen LogP contribution in [0.2, 0.25) is 0 Å². The van der Waals surface area contributed by atoms with Crippen LogP contribution in [0, 0.1) is 0 Å². The van der Waals surface area contributed by atoms with Gasteiger partial charge in [0.15, 0.2) is 0 Å². The molecule has 1 atom stereocenters. The average Bonchev–Trinajstić information content (AvgIpc) is 2.61. The third-order valence-corrected chi connectivity index (χ3v) is 4.84. The summed E-state index contributed by atoms with van der Waals surface area (Å²) in [4.78, 5) is 0. The Kier molecular flexibility index (Phi) is 3.75. The van der Waals surface area contributed by atoms with Crippen LogP contribution < -0.4 is 4.72 Å². The molecule has 0 amide bonds. The quantitative estimate of drug-likeness (QED) is 0.834. The summed E-state index contributed by atoms with van der Waals surface area (Å²) in [6.07, 6.45) is 4.50. The van der Waals surface area contributed by atoms with Gasteiger partial charge in [0.1, 0.15) is 0 Å². The summed E-state index contributed by atoms with van der Waals surface area (Å²) in [7, 11) is -1.40. The fraction of sp³-hybridized carbons (Fsp3) is 0.700. The van der Waals surface area contributed by atoms with Crippen LogP contribution in [0.15, 0.2) is 6.20 Å². The van der Waals surface area contributed by atoms with Crippen molar-refractivity contribution in [3.63, 3.8) is 0 Å². The molecule has 96 valence electrons. The van der Waals surface area contributed by atoms with Crippen molar-refractivity contribution in [2.24, 2.45) is 7.05 Å². The molecule has 1 unspecified atom stereocenters. The van der Waals surface area contributed by atoms with Crippen molar-refractivity contribution in [2.75, 3.05) is 11.6 Å². The van der Waals surface area contributed by atoms with E-state index in [9.17, 15) is 8.42 Å². The molecule has 0 saturated carbocycles. The number of hydrogen-bond acceptors (Lipinski definition) is 3. The van der Waals surface area contributed by atoms with Gasteiger partial charge in [0.05, 0.1) is 18.0 Å². The molecule has 1 aliphatic carbocycles. The Morgan fingerprint density at radius 2 is 2.41 bits per heavy atom. The first kappa shape index (κ1) is 12.9. The van der Waals surface area contributed by atoms with E-state index in [1.807, 2.05) is 11.7 Å². The van der Waals surface area contributed by atoms with E-state index in [0.29, 0.717) is 0 Å². The molecular weight excluding hydrogens is 262 g/mol. The van der Waals surface area contributed by atoms with Gasteiger partial charge >= 0.3 is 0 Å². The number of aromatic nitrogens is 2. The van der Waals surface area contributed by atoms with Crippen LogP contribution in [-0.4, -0.2) is 29.8 Å². The zero-order valence-corrected chi connectivity index (χ0v) is 11.3. The third-order valence-electron chi connectivity index (χ3n) is 3.04. The minimum atomic E-state index is -3.28. The lowest BCUT2D eigenvalue weighted by atomic mass is 9.94. The first-order chi connectivity index (χ1) is 8.03. The van der Waals surface area contributed by atoms with Gasteiger partial charge in [0.2, 0.25) is 10.0 Å². The second kappa shape index (κ2) is 4.96. The van der Waals surface area contributed by atoms with E-state index in [-0.39, 0.29) is 17.7 Å². The van der Waals surface area contributed by atoms with Gasteiger partial charge in [0.25, 0.3) is 0 Å². The second-order valence-corrected chi connectivity index (χ2v) is 6.49. The predicted molar refractivity (Wildman–Crippen MR) is 66.5 cm³/mol. The van der Waals surface area contributed by atoms with E-state index in [0.717, 1.165) is 30.5 Å². The van der Waals surface area contributed by atoms with E-state index in [1.54, 1.807) is 6.20 Å². The van der Waals surface area contributed by atoms with E-state index in [1.165, 1.54) is 0 Å². The topological polar surface area (TPSA) is 64.0 Å². The Balaban J connectivity index is 2.19. The number of nitrogens with one attached hydrogen (secondary N) is 1. The maximum Gasteiger partial charge on any atom is 0.213 e. The molecule has 1 aliphatic rings. The fourth-order valence-electron chi connectivity index (χ4n) is 2.21.